The third-order valence-corrected chi connectivity index (χ3v) is 6.02. The molecule has 5 nitrogen and oxygen atoms in total. The number of rotatable bonds is 7. The van der Waals surface area contributed by atoms with E-state index in [1.165, 1.54) is 0 Å². The van der Waals surface area contributed by atoms with Crippen LogP contribution in [0.3, 0.4) is 0 Å². The SMILES string of the molecule is CC(=O)c1cn(CC(O)CN2CCC(Oc3ccccc3Cl)CC2)c2ccccc12. The highest BCUT2D eigenvalue weighted by molar-refractivity contribution is 6.32. The Hall–Kier alpha value is -2.34. The van der Waals surface area contributed by atoms with Crippen LogP contribution in [0.4, 0.5) is 0 Å². The van der Waals surface area contributed by atoms with Crippen molar-refractivity contribution in [3.8, 4) is 5.75 Å². The Morgan fingerprint density at radius 3 is 2.57 bits per heavy atom. The zero-order valence-electron chi connectivity index (χ0n) is 17.1. The molecule has 30 heavy (non-hydrogen) atoms. The Balaban J connectivity index is 1.32. The number of benzene rings is 2. The fourth-order valence-electron chi connectivity index (χ4n) is 4.19. The summed E-state index contributed by atoms with van der Waals surface area (Å²) in [6.45, 7) is 4.39. The van der Waals surface area contributed by atoms with Crippen molar-refractivity contribution in [2.24, 2.45) is 0 Å². The Morgan fingerprint density at radius 2 is 1.83 bits per heavy atom. The predicted molar refractivity (Wildman–Crippen MR) is 119 cm³/mol. The van der Waals surface area contributed by atoms with Crippen molar-refractivity contribution < 1.29 is 14.6 Å². The van der Waals surface area contributed by atoms with E-state index < -0.39 is 6.10 Å². The molecule has 158 valence electrons. The lowest BCUT2D eigenvalue weighted by Crippen LogP contribution is -2.42. The molecule has 1 N–H and O–H groups in total. The van der Waals surface area contributed by atoms with Gasteiger partial charge in [-0.15, -0.1) is 0 Å². The van der Waals surface area contributed by atoms with Crippen molar-refractivity contribution in [1.82, 2.24) is 9.47 Å². The minimum Gasteiger partial charge on any atom is -0.489 e. The summed E-state index contributed by atoms with van der Waals surface area (Å²) in [7, 11) is 0. The van der Waals surface area contributed by atoms with E-state index in [-0.39, 0.29) is 11.9 Å². The molecular formula is C24H27ClN2O3. The highest BCUT2D eigenvalue weighted by Gasteiger charge is 2.23. The van der Waals surface area contributed by atoms with Crippen molar-refractivity contribution in [3.63, 3.8) is 0 Å². The first-order valence-corrected chi connectivity index (χ1v) is 10.8. The van der Waals surface area contributed by atoms with Crippen LogP contribution in [0.5, 0.6) is 5.75 Å². The minimum absolute atomic E-state index is 0.0417. The third-order valence-electron chi connectivity index (χ3n) is 5.71. The van der Waals surface area contributed by atoms with Crippen molar-refractivity contribution in [2.45, 2.75) is 38.5 Å². The maximum absolute atomic E-state index is 12.0. The van der Waals surface area contributed by atoms with E-state index in [9.17, 15) is 9.90 Å². The first-order valence-electron chi connectivity index (χ1n) is 10.4. The Labute approximate surface area is 181 Å². The lowest BCUT2D eigenvalue weighted by atomic mass is 10.1. The number of halogens is 1. The zero-order chi connectivity index (χ0) is 21.1. The molecule has 0 amide bonds. The number of aliphatic hydroxyl groups excluding tert-OH is 1. The third kappa shape index (κ3) is 4.69. The molecule has 6 heteroatoms. The van der Waals surface area contributed by atoms with Crippen LogP contribution in [0.2, 0.25) is 5.02 Å². The van der Waals surface area contributed by atoms with Crippen molar-refractivity contribution in [3.05, 3.63) is 65.3 Å². The van der Waals surface area contributed by atoms with Gasteiger partial charge < -0.3 is 19.3 Å². The number of carbonyl (C=O) groups excluding carboxylic acids is 1. The highest BCUT2D eigenvalue weighted by Crippen LogP contribution is 2.27. The summed E-state index contributed by atoms with van der Waals surface area (Å²) >= 11 is 6.19. The number of ether oxygens (including phenoxy) is 1. The molecule has 1 saturated heterocycles. The molecule has 1 atom stereocenters. The topological polar surface area (TPSA) is 54.7 Å². The predicted octanol–water partition coefficient (Wildman–Crippen LogP) is 4.40. The minimum atomic E-state index is -0.512. The number of nitrogens with zero attached hydrogens (tertiary/aromatic N) is 2. The molecule has 1 fully saturated rings. The second-order valence-electron chi connectivity index (χ2n) is 7.97. The summed E-state index contributed by atoms with van der Waals surface area (Å²) < 4.78 is 8.04. The fourth-order valence-corrected chi connectivity index (χ4v) is 4.37. The van der Waals surface area contributed by atoms with Crippen LogP contribution in [-0.4, -0.2) is 52.2 Å². The number of carbonyl (C=O) groups is 1. The molecule has 2 aromatic carbocycles. The normalized spacial score (nSPS) is 16.6. The molecule has 4 rings (SSSR count). The van der Waals surface area contributed by atoms with Crippen LogP contribution in [0.25, 0.3) is 10.9 Å². The zero-order valence-corrected chi connectivity index (χ0v) is 17.9. The number of hydrogen-bond acceptors (Lipinski definition) is 4. The van der Waals surface area contributed by atoms with E-state index in [1.807, 2.05) is 59.3 Å². The van der Waals surface area contributed by atoms with E-state index in [2.05, 4.69) is 4.90 Å². The first-order chi connectivity index (χ1) is 14.5. The fraction of sp³-hybridized carbons (Fsp3) is 0.375. The highest BCUT2D eigenvalue weighted by atomic mass is 35.5. The quantitative estimate of drug-likeness (QED) is 0.569. The number of piperidine rings is 1. The lowest BCUT2D eigenvalue weighted by Gasteiger charge is -2.33. The van der Waals surface area contributed by atoms with Gasteiger partial charge in [-0.1, -0.05) is 41.9 Å². The number of para-hydroxylation sites is 2. The van der Waals surface area contributed by atoms with E-state index in [0.717, 1.165) is 42.6 Å². The van der Waals surface area contributed by atoms with Gasteiger partial charge >= 0.3 is 0 Å². The molecule has 1 aliphatic heterocycles. The molecule has 0 spiro atoms. The van der Waals surface area contributed by atoms with Gasteiger partial charge in [-0.25, -0.2) is 0 Å². The molecule has 3 aromatic rings. The average Bonchev–Trinajstić information content (AvgIpc) is 3.10. The number of hydrogen-bond donors (Lipinski definition) is 1. The van der Waals surface area contributed by atoms with Crippen LogP contribution < -0.4 is 4.74 Å². The van der Waals surface area contributed by atoms with Gasteiger partial charge in [-0.2, -0.15) is 0 Å². The average molecular weight is 427 g/mol. The number of fused-ring (bicyclic) bond motifs is 1. The van der Waals surface area contributed by atoms with E-state index in [1.54, 1.807) is 6.92 Å². The maximum atomic E-state index is 12.0. The summed E-state index contributed by atoms with van der Waals surface area (Å²) in [5, 5.41) is 12.3. The number of aromatic nitrogens is 1. The van der Waals surface area contributed by atoms with E-state index >= 15 is 0 Å². The largest absolute Gasteiger partial charge is 0.489 e. The second-order valence-corrected chi connectivity index (χ2v) is 8.38. The Morgan fingerprint density at radius 1 is 1.13 bits per heavy atom. The molecule has 1 unspecified atom stereocenters. The monoisotopic (exact) mass is 426 g/mol. The summed E-state index contributed by atoms with van der Waals surface area (Å²) in [6, 6.07) is 15.4. The summed E-state index contributed by atoms with van der Waals surface area (Å²) in [5.74, 6) is 0.776. The van der Waals surface area contributed by atoms with Crippen LogP contribution in [0, 0.1) is 0 Å². The van der Waals surface area contributed by atoms with Gasteiger partial charge in [0.1, 0.15) is 11.9 Å². The molecule has 0 aliphatic carbocycles. The smallest absolute Gasteiger partial charge is 0.161 e. The summed E-state index contributed by atoms with van der Waals surface area (Å²) in [5.41, 5.74) is 1.68. The standard InChI is InChI=1S/C24H27ClN2O3/c1-17(28)21-16-27(23-8-4-2-6-20(21)23)15-18(29)14-26-12-10-19(11-13-26)30-24-9-5-3-7-22(24)25/h2-9,16,18-19,29H,10-15H2,1H3. The van der Waals surface area contributed by atoms with Crippen molar-refractivity contribution in [1.29, 1.82) is 0 Å². The van der Waals surface area contributed by atoms with Crippen LogP contribution >= 0.6 is 11.6 Å². The van der Waals surface area contributed by atoms with Crippen LogP contribution in [0.15, 0.2) is 54.7 Å². The molecular weight excluding hydrogens is 400 g/mol. The van der Waals surface area contributed by atoms with Gasteiger partial charge in [0.15, 0.2) is 5.78 Å². The molecule has 0 bridgehead atoms. The van der Waals surface area contributed by atoms with Gasteiger partial charge in [-0.3, -0.25) is 4.79 Å². The van der Waals surface area contributed by atoms with Crippen LogP contribution in [0.1, 0.15) is 30.1 Å². The molecule has 1 aliphatic rings. The van der Waals surface area contributed by atoms with Gasteiger partial charge in [-0.05, 0) is 38.0 Å². The number of Topliss-reactive ketones (excluding diaryl/α,β-unsaturated/α-hetero) is 1. The summed E-state index contributed by atoms with van der Waals surface area (Å²) in [4.78, 5) is 14.2. The van der Waals surface area contributed by atoms with Gasteiger partial charge in [0.05, 0.1) is 11.1 Å². The summed E-state index contributed by atoms with van der Waals surface area (Å²) in [6.07, 6.45) is 3.30. The first kappa shape index (κ1) is 20.9. The maximum Gasteiger partial charge on any atom is 0.161 e. The van der Waals surface area contributed by atoms with Gasteiger partial charge in [0.25, 0.3) is 0 Å². The molecule has 0 saturated carbocycles. The number of ketones is 1. The molecule has 2 heterocycles. The van der Waals surface area contributed by atoms with Crippen molar-refractivity contribution >= 4 is 28.3 Å². The second kappa shape index (κ2) is 9.21. The number of likely N-dealkylation sites (tertiary alicyclic amines) is 1. The van der Waals surface area contributed by atoms with Crippen LogP contribution in [-0.2, 0) is 6.54 Å². The molecule has 0 radical (unpaired) electrons. The Kier molecular flexibility index (Phi) is 6.42. The number of β-amino-alcohol motifs (C(OH)–C–C–N with tert-alkyl or cyclic N) is 1. The lowest BCUT2D eigenvalue weighted by molar-refractivity contribution is 0.0553. The molecule has 1 aromatic heterocycles. The Bertz CT molecular complexity index is 1020. The van der Waals surface area contributed by atoms with Gasteiger partial charge in [0.2, 0.25) is 0 Å². The van der Waals surface area contributed by atoms with Crippen molar-refractivity contribution in [2.75, 3.05) is 19.6 Å². The van der Waals surface area contributed by atoms with E-state index in [4.69, 9.17) is 16.3 Å². The van der Waals surface area contributed by atoms with Gasteiger partial charge in [0, 0.05) is 48.8 Å². The number of aliphatic hydroxyl groups is 1. The van der Waals surface area contributed by atoms with E-state index in [0.29, 0.717) is 23.7 Å².